The van der Waals surface area contributed by atoms with Crippen molar-refractivity contribution in [2.75, 3.05) is 6.61 Å². The summed E-state index contributed by atoms with van der Waals surface area (Å²) in [5.41, 5.74) is 5.93. The van der Waals surface area contributed by atoms with E-state index in [4.69, 9.17) is 4.74 Å². The van der Waals surface area contributed by atoms with E-state index < -0.39 is 0 Å². The lowest BCUT2D eigenvalue weighted by atomic mass is 9.91. The minimum Gasteiger partial charge on any atom is -0.483 e. The molecule has 3 aromatic carbocycles. The maximum Gasteiger partial charge on any atom is 0.258 e. The maximum atomic E-state index is 12.8. The topological polar surface area (TPSA) is 38.3 Å². The van der Waals surface area contributed by atoms with Crippen molar-refractivity contribution in [3.8, 4) is 5.75 Å². The summed E-state index contributed by atoms with van der Waals surface area (Å²) in [7, 11) is 0. The summed E-state index contributed by atoms with van der Waals surface area (Å²) in [6, 6.07) is 24.3. The minimum atomic E-state index is -0.197. The Morgan fingerprint density at radius 2 is 1.69 bits per heavy atom. The summed E-state index contributed by atoms with van der Waals surface area (Å²) in [5, 5.41) is 3.16. The zero-order valence-corrected chi connectivity index (χ0v) is 16.9. The number of fused-ring (bicyclic) bond motifs is 1. The molecular weight excluding hydrogens is 358 g/mol. The third kappa shape index (κ3) is 4.68. The molecule has 3 heteroatoms. The second-order valence-corrected chi connectivity index (χ2v) is 7.71. The largest absolute Gasteiger partial charge is 0.483 e. The van der Waals surface area contributed by atoms with Crippen LogP contribution in [0.2, 0.25) is 0 Å². The van der Waals surface area contributed by atoms with Gasteiger partial charge in [0.25, 0.3) is 5.91 Å². The second kappa shape index (κ2) is 8.95. The lowest BCUT2D eigenvalue weighted by Gasteiger charge is -2.22. The van der Waals surface area contributed by atoms with E-state index in [1.807, 2.05) is 48.5 Å². The summed E-state index contributed by atoms with van der Waals surface area (Å²) < 4.78 is 5.95. The molecule has 3 aromatic rings. The van der Waals surface area contributed by atoms with Gasteiger partial charge in [-0.2, -0.15) is 0 Å². The number of carbonyl (C=O) groups excluding carboxylic acids is 1. The molecule has 0 heterocycles. The first kappa shape index (κ1) is 19.3. The van der Waals surface area contributed by atoms with Gasteiger partial charge in [-0.15, -0.1) is 0 Å². The number of aryl methyl sites for hydroxylation is 2. The van der Waals surface area contributed by atoms with Crippen molar-refractivity contribution in [2.45, 2.75) is 38.6 Å². The van der Waals surface area contributed by atoms with Crippen LogP contribution in [0.1, 0.15) is 46.7 Å². The van der Waals surface area contributed by atoms with E-state index in [9.17, 15) is 4.79 Å². The van der Waals surface area contributed by atoms with E-state index in [0.29, 0.717) is 0 Å². The molecule has 1 N–H and O–H groups in total. The average Bonchev–Trinajstić information content (AvgIpc) is 2.76. The molecule has 0 aliphatic heterocycles. The fraction of sp³-hybridized carbons (Fsp3) is 0.269. The van der Waals surface area contributed by atoms with Gasteiger partial charge in [-0.05, 0) is 60.9 Å². The SMILES string of the molecule is Cc1cccc([C@H](NC(=O)COc2cccc3c2CCCC3)c2ccccc2)c1. The predicted octanol–water partition coefficient (Wildman–Crippen LogP) is 5.16. The Morgan fingerprint density at radius 3 is 2.52 bits per heavy atom. The van der Waals surface area contributed by atoms with Crippen molar-refractivity contribution < 1.29 is 9.53 Å². The number of nitrogens with one attached hydrogen (secondary N) is 1. The van der Waals surface area contributed by atoms with Crippen LogP contribution in [0.3, 0.4) is 0 Å². The van der Waals surface area contributed by atoms with E-state index >= 15 is 0 Å². The second-order valence-electron chi connectivity index (χ2n) is 7.71. The Bertz CT molecular complexity index is 981. The summed E-state index contributed by atoms with van der Waals surface area (Å²) in [4.78, 5) is 12.8. The Hall–Kier alpha value is -3.07. The number of rotatable bonds is 6. The Morgan fingerprint density at radius 1 is 0.931 bits per heavy atom. The zero-order valence-electron chi connectivity index (χ0n) is 16.9. The van der Waals surface area contributed by atoms with Gasteiger partial charge < -0.3 is 10.1 Å². The van der Waals surface area contributed by atoms with Crippen molar-refractivity contribution in [3.05, 3.63) is 101 Å². The van der Waals surface area contributed by atoms with Crippen molar-refractivity contribution in [3.63, 3.8) is 0 Å². The van der Waals surface area contributed by atoms with Crippen molar-refractivity contribution in [1.29, 1.82) is 0 Å². The van der Waals surface area contributed by atoms with Gasteiger partial charge in [-0.25, -0.2) is 0 Å². The summed E-state index contributed by atoms with van der Waals surface area (Å²) in [6.45, 7) is 2.08. The Labute approximate surface area is 172 Å². The lowest BCUT2D eigenvalue weighted by molar-refractivity contribution is -0.123. The van der Waals surface area contributed by atoms with E-state index in [-0.39, 0.29) is 18.6 Å². The first-order chi connectivity index (χ1) is 14.2. The van der Waals surface area contributed by atoms with Crippen LogP contribution in [-0.2, 0) is 17.6 Å². The van der Waals surface area contributed by atoms with Gasteiger partial charge in [-0.1, -0.05) is 72.3 Å². The highest BCUT2D eigenvalue weighted by atomic mass is 16.5. The van der Waals surface area contributed by atoms with Crippen LogP contribution in [0, 0.1) is 6.92 Å². The van der Waals surface area contributed by atoms with E-state index in [1.54, 1.807) is 0 Å². The quantitative estimate of drug-likeness (QED) is 0.637. The lowest BCUT2D eigenvalue weighted by Crippen LogP contribution is -2.33. The summed E-state index contributed by atoms with van der Waals surface area (Å²) in [6.07, 6.45) is 4.54. The van der Waals surface area contributed by atoms with Gasteiger partial charge in [0.2, 0.25) is 0 Å². The number of ether oxygens (including phenoxy) is 1. The molecule has 1 aliphatic carbocycles. The molecule has 29 heavy (non-hydrogen) atoms. The predicted molar refractivity (Wildman–Crippen MR) is 116 cm³/mol. The number of benzene rings is 3. The van der Waals surface area contributed by atoms with Crippen LogP contribution >= 0.6 is 0 Å². The summed E-state index contributed by atoms with van der Waals surface area (Å²) in [5.74, 6) is 0.734. The summed E-state index contributed by atoms with van der Waals surface area (Å²) >= 11 is 0. The fourth-order valence-corrected chi connectivity index (χ4v) is 4.08. The smallest absolute Gasteiger partial charge is 0.258 e. The number of hydrogen-bond acceptors (Lipinski definition) is 2. The molecule has 0 aromatic heterocycles. The van der Waals surface area contributed by atoms with Crippen LogP contribution in [-0.4, -0.2) is 12.5 Å². The molecule has 1 aliphatic rings. The van der Waals surface area contributed by atoms with Gasteiger partial charge >= 0.3 is 0 Å². The first-order valence-corrected chi connectivity index (χ1v) is 10.3. The average molecular weight is 386 g/mol. The van der Waals surface area contributed by atoms with Crippen molar-refractivity contribution >= 4 is 5.91 Å². The molecule has 0 radical (unpaired) electrons. The van der Waals surface area contributed by atoms with Crippen LogP contribution in [0.15, 0.2) is 72.8 Å². The maximum absolute atomic E-state index is 12.8. The van der Waals surface area contributed by atoms with Gasteiger partial charge in [0.15, 0.2) is 6.61 Å². The van der Waals surface area contributed by atoms with E-state index in [0.717, 1.165) is 29.7 Å². The standard InChI is InChI=1S/C26H27NO2/c1-19-9-7-14-22(17-19)26(21-11-3-2-4-12-21)27-25(28)18-29-24-16-8-13-20-10-5-6-15-23(20)24/h2-4,7-9,11-14,16-17,26H,5-6,10,15,18H2,1H3,(H,27,28)/t26-/m1/s1. The molecule has 0 spiro atoms. The normalized spacial score (nSPS) is 14.0. The number of carbonyl (C=O) groups is 1. The molecule has 148 valence electrons. The molecule has 0 saturated carbocycles. The molecule has 4 rings (SSSR count). The van der Waals surface area contributed by atoms with Crippen molar-refractivity contribution in [1.82, 2.24) is 5.32 Å². The third-order valence-corrected chi connectivity index (χ3v) is 5.53. The van der Waals surface area contributed by atoms with Crippen LogP contribution < -0.4 is 10.1 Å². The Balaban J connectivity index is 1.49. The van der Waals surface area contributed by atoms with Gasteiger partial charge in [0, 0.05) is 0 Å². The van der Waals surface area contributed by atoms with Crippen LogP contribution in [0.4, 0.5) is 0 Å². The monoisotopic (exact) mass is 385 g/mol. The highest BCUT2D eigenvalue weighted by Crippen LogP contribution is 2.29. The van der Waals surface area contributed by atoms with Crippen LogP contribution in [0.5, 0.6) is 5.75 Å². The molecule has 0 saturated heterocycles. The molecule has 0 unspecified atom stereocenters. The minimum absolute atomic E-state index is 0.0194. The molecule has 0 bridgehead atoms. The first-order valence-electron chi connectivity index (χ1n) is 10.3. The van der Waals surface area contributed by atoms with E-state index in [1.165, 1.54) is 29.5 Å². The van der Waals surface area contributed by atoms with Crippen molar-refractivity contribution in [2.24, 2.45) is 0 Å². The zero-order chi connectivity index (χ0) is 20.1. The molecule has 3 nitrogen and oxygen atoms in total. The number of amides is 1. The van der Waals surface area contributed by atoms with Gasteiger partial charge in [0.05, 0.1) is 6.04 Å². The highest BCUT2D eigenvalue weighted by Gasteiger charge is 2.19. The third-order valence-electron chi connectivity index (χ3n) is 5.53. The molecule has 1 atom stereocenters. The Kier molecular flexibility index (Phi) is 5.95. The number of hydrogen-bond donors (Lipinski definition) is 1. The highest BCUT2D eigenvalue weighted by molar-refractivity contribution is 5.78. The molecule has 0 fully saturated rings. The van der Waals surface area contributed by atoms with Crippen LogP contribution in [0.25, 0.3) is 0 Å². The van der Waals surface area contributed by atoms with Gasteiger partial charge in [-0.3, -0.25) is 4.79 Å². The molecule has 1 amide bonds. The van der Waals surface area contributed by atoms with E-state index in [2.05, 4.69) is 36.5 Å². The molecular formula is C26H27NO2. The van der Waals surface area contributed by atoms with Gasteiger partial charge in [0.1, 0.15) is 5.75 Å². The fourth-order valence-electron chi connectivity index (χ4n) is 4.08.